The van der Waals surface area contributed by atoms with Gasteiger partial charge in [-0.05, 0) is 43.7 Å². The van der Waals surface area contributed by atoms with E-state index in [9.17, 15) is 9.50 Å². The minimum atomic E-state index is -0.353. The van der Waals surface area contributed by atoms with Crippen molar-refractivity contribution < 1.29 is 14.2 Å². The van der Waals surface area contributed by atoms with E-state index >= 15 is 0 Å². The summed E-state index contributed by atoms with van der Waals surface area (Å²) in [5.41, 5.74) is 2.31. The van der Waals surface area contributed by atoms with E-state index in [2.05, 4.69) is 5.32 Å². The lowest BCUT2D eigenvalue weighted by atomic mass is 10.1. The summed E-state index contributed by atoms with van der Waals surface area (Å²) in [5, 5.41) is 12.8. The number of aryl methyl sites for hydroxylation is 1. The van der Waals surface area contributed by atoms with Gasteiger partial charge in [0.15, 0.2) is 0 Å². The lowest BCUT2D eigenvalue weighted by molar-refractivity contribution is 0.270. The monoisotopic (exact) mass is 289 g/mol. The number of para-hydroxylation sites is 1. The molecule has 1 atom stereocenters. The molecule has 2 rings (SSSR count). The predicted molar refractivity (Wildman–Crippen MR) is 82.2 cm³/mol. The van der Waals surface area contributed by atoms with Crippen molar-refractivity contribution in [3.63, 3.8) is 0 Å². The van der Waals surface area contributed by atoms with Crippen LogP contribution in [-0.2, 0) is 0 Å². The van der Waals surface area contributed by atoms with Gasteiger partial charge in [0.25, 0.3) is 0 Å². The van der Waals surface area contributed by atoms with E-state index in [1.54, 1.807) is 0 Å². The van der Waals surface area contributed by atoms with Crippen molar-refractivity contribution in [1.82, 2.24) is 0 Å². The van der Waals surface area contributed by atoms with Crippen LogP contribution in [0.5, 0.6) is 5.75 Å². The molecule has 2 aromatic carbocycles. The van der Waals surface area contributed by atoms with E-state index in [1.807, 2.05) is 44.2 Å². The zero-order chi connectivity index (χ0) is 15.2. The van der Waals surface area contributed by atoms with Gasteiger partial charge in [-0.15, -0.1) is 0 Å². The van der Waals surface area contributed by atoms with Gasteiger partial charge in [0.05, 0.1) is 19.3 Å². The van der Waals surface area contributed by atoms with Gasteiger partial charge in [0, 0.05) is 11.3 Å². The number of rotatable bonds is 6. The smallest absolute Gasteiger partial charge is 0.125 e. The van der Waals surface area contributed by atoms with E-state index < -0.39 is 0 Å². The summed E-state index contributed by atoms with van der Waals surface area (Å²) in [5.74, 6) is 0.423. The molecule has 0 amide bonds. The largest absolute Gasteiger partial charge is 0.494 e. The van der Waals surface area contributed by atoms with Gasteiger partial charge in [0.1, 0.15) is 11.6 Å². The molecule has 0 spiro atoms. The maximum absolute atomic E-state index is 13.5. The first-order valence-corrected chi connectivity index (χ1v) is 7.00. The highest BCUT2D eigenvalue weighted by Crippen LogP contribution is 2.28. The molecule has 0 bridgehead atoms. The molecule has 3 nitrogen and oxygen atoms in total. The van der Waals surface area contributed by atoms with E-state index in [0.717, 1.165) is 16.9 Å². The van der Waals surface area contributed by atoms with Crippen LogP contribution in [0.4, 0.5) is 10.1 Å². The van der Waals surface area contributed by atoms with Crippen LogP contribution in [0.3, 0.4) is 0 Å². The molecule has 0 aliphatic carbocycles. The minimum absolute atomic E-state index is 0.111. The van der Waals surface area contributed by atoms with Crippen molar-refractivity contribution >= 4 is 5.69 Å². The van der Waals surface area contributed by atoms with Gasteiger partial charge < -0.3 is 15.2 Å². The van der Waals surface area contributed by atoms with Gasteiger partial charge in [-0.1, -0.05) is 18.2 Å². The number of halogens is 1. The average Bonchev–Trinajstić information content (AvgIpc) is 2.45. The molecule has 0 aromatic heterocycles. The van der Waals surface area contributed by atoms with Crippen LogP contribution < -0.4 is 10.1 Å². The van der Waals surface area contributed by atoms with Crippen LogP contribution in [0.1, 0.15) is 24.1 Å². The SMILES string of the molecule is CCOc1ccccc1C(CO)Nc1cc(C)cc(F)c1. The fourth-order valence-electron chi connectivity index (χ4n) is 2.30. The second-order valence-electron chi connectivity index (χ2n) is 4.87. The van der Waals surface area contributed by atoms with Crippen LogP contribution in [-0.4, -0.2) is 18.3 Å². The summed E-state index contributed by atoms with van der Waals surface area (Å²) < 4.78 is 19.0. The molecule has 0 radical (unpaired) electrons. The van der Waals surface area contributed by atoms with Crippen molar-refractivity contribution in [2.24, 2.45) is 0 Å². The van der Waals surface area contributed by atoms with Gasteiger partial charge in [-0.2, -0.15) is 0 Å². The van der Waals surface area contributed by atoms with Crippen LogP contribution in [0.2, 0.25) is 0 Å². The summed E-state index contributed by atoms with van der Waals surface area (Å²) in [6.45, 7) is 4.18. The Morgan fingerprint density at radius 2 is 2.00 bits per heavy atom. The number of benzene rings is 2. The first kappa shape index (κ1) is 15.3. The number of hydrogen-bond donors (Lipinski definition) is 2. The maximum Gasteiger partial charge on any atom is 0.125 e. The molecule has 1 unspecified atom stereocenters. The summed E-state index contributed by atoms with van der Waals surface area (Å²) in [6.07, 6.45) is 0. The Hall–Kier alpha value is -2.07. The van der Waals surface area contributed by atoms with Crippen molar-refractivity contribution in [2.45, 2.75) is 19.9 Å². The molecule has 0 aliphatic heterocycles. The standard InChI is InChI=1S/C17H20FNO2/c1-3-21-17-7-5-4-6-15(17)16(11-20)19-14-9-12(2)8-13(18)10-14/h4-10,16,19-20H,3,11H2,1-2H3. The fraction of sp³-hybridized carbons (Fsp3) is 0.294. The van der Waals surface area contributed by atoms with Crippen molar-refractivity contribution in [1.29, 1.82) is 0 Å². The molecule has 0 aliphatic rings. The summed E-state index contributed by atoms with van der Waals surface area (Å²) in [7, 11) is 0. The third-order valence-electron chi connectivity index (χ3n) is 3.16. The number of aliphatic hydroxyl groups is 1. The molecule has 0 fully saturated rings. The lowest BCUT2D eigenvalue weighted by Crippen LogP contribution is -2.16. The Balaban J connectivity index is 2.27. The highest BCUT2D eigenvalue weighted by molar-refractivity contribution is 5.50. The van der Waals surface area contributed by atoms with Crippen molar-refractivity contribution in [3.05, 3.63) is 59.4 Å². The summed E-state index contributed by atoms with van der Waals surface area (Å²) in [4.78, 5) is 0. The van der Waals surface area contributed by atoms with E-state index in [4.69, 9.17) is 4.74 Å². The summed E-state index contributed by atoms with van der Waals surface area (Å²) >= 11 is 0. The van der Waals surface area contributed by atoms with E-state index in [1.165, 1.54) is 12.1 Å². The quantitative estimate of drug-likeness (QED) is 0.852. The number of hydrogen-bond acceptors (Lipinski definition) is 3. The van der Waals surface area contributed by atoms with Crippen LogP contribution in [0, 0.1) is 12.7 Å². The Morgan fingerprint density at radius 3 is 2.67 bits per heavy atom. The van der Waals surface area contributed by atoms with E-state index in [0.29, 0.717) is 12.3 Å². The van der Waals surface area contributed by atoms with Crippen molar-refractivity contribution in [2.75, 3.05) is 18.5 Å². The molecule has 0 saturated carbocycles. The minimum Gasteiger partial charge on any atom is -0.494 e. The molecule has 0 saturated heterocycles. The zero-order valence-corrected chi connectivity index (χ0v) is 12.3. The second kappa shape index (κ2) is 7.09. The zero-order valence-electron chi connectivity index (χ0n) is 12.3. The topological polar surface area (TPSA) is 41.5 Å². The second-order valence-corrected chi connectivity index (χ2v) is 4.87. The highest BCUT2D eigenvalue weighted by Gasteiger charge is 2.15. The molecule has 0 heterocycles. The first-order chi connectivity index (χ1) is 10.1. The van der Waals surface area contributed by atoms with Gasteiger partial charge in [-0.25, -0.2) is 4.39 Å². The lowest BCUT2D eigenvalue weighted by Gasteiger charge is -2.21. The third-order valence-corrected chi connectivity index (χ3v) is 3.16. The molecule has 4 heteroatoms. The average molecular weight is 289 g/mol. The molecular weight excluding hydrogens is 269 g/mol. The third kappa shape index (κ3) is 3.95. The molecular formula is C17H20FNO2. The van der Waals surface area contributed by atoms with Crippen LogP contribution in [0.15, 0.2) is 42.5 Å². The Labute approximate surface area is 124 Å². The fourth-order valence-corrected chi connectivity index (χ4v) is 2.30. The maximum atomic E-state index is 13.5. The number of anilines is 1. The molecule has 2 N–H and O–H groups in total. The summed E-state index contributed by atoms with van der Waals surface area (Å²) in [6, 6.07) is 11.9. The van der Waals surface area contributed by atoms with Gasteiger partial charge in [-0.3, -0.25) is 0 Å². The van der Waals surface area contributed by atoms with Gasteiger partial charge in [0.2, 0.25) is 0 Å². The highest BCUT2D eigenvalue weighted by atomic mass is 19.1. The van der Waals surface area contributed by atoms with Gasteiger partial charge >= 0.3 is 0 Å². The first-order valence-electron chi connectivity index (χ1n) is 7.00. The van der Waals surface area contributed by atoms with Crippen LogP contribution >= 0.6 is 0 Å². The normalized spacial score (nSPS) is 12.0. The van der Waals surface area contributed by atoms with Crippen molar-refractivity contribution in [3.8, 4) is 5.75 Å². The Bertz CT molecular complexity index is 581. The number of nitrogens with one attached hydrogen (secondary N) is 1. The molecule has 21 heavy (non-hydrogen) atoms. The predicted octanol–water partition coefficient (Wildman–Crippen LogP) is 3.68. The number of ether oxygens (including phenoxy) is 1. The molecule has 112 valence electrons. The number of aliphatic hydroxyl groups excluding tert-OH is 1. The Kier molecular flexibility index (Phi) is 5.17. The Morgan fingerprint density at radius 1 is 1.24 bits per heavy atom. The molecule has 2 aromatic rings. The van der Waals surface area contributed by atoms with Crippen LogP contribution in [0.25, 0.3) is 0 Å². The van der Waals surface area contributed by atoms with E-state index in [-0.39, 0.29) is 18.5 Å².